The number of fused-ring (bicyclic) bond motifs is 1. The second-order valence-corrected chi connectivity index (χ2v) is 8.52. The van der Waals surface area contributed by atoms with E-state index in [4.69, 9.17) is 0 Å². The number of anilines is 2. The van der Waals surface area contributed by atoms with Crippen LogP contribution < -0.4 is 10.2 Å². The molecule has 150 valence electrons. The van der Waals surface area contributed by atoms with Gasteiger partial charge in [-0.15, -0.1) is 0 Å². The van der Waals surface area contributed by atoms with Crippen LogP contribution in [0.2, 0.25) is 0 Å². The van der Waals surface area contributed by atoms with E-state index in [1.807, 2.05) is 32.0 Å². The molecule has 2 fully saturated rings. The molecule has 3 atom stereocenters. The second kappa shape index (κ2) is 7.47. The molecular formula is C24H26N2O3. The average molecular weight is 390 g/mol. The Balaban J connectivity index is 1.58. The van der Waals surface area contributed by atoms with Crippen molar-refractivity contribution in [1.82, 2.24) is 0 Å². The number of carbonyl (C=O) groups is 3. The van der Waals surface area contributed by atoms with Gasteiger partial charge in [0.1, 0.15) is 0 Å². The first-order chi connectivity index (χ1) is 13.8. The number of amides is 3. The third kappa shape index (κ3) is 3.69. The minimum atomic E-state index is -0.262. The average Bonchev–Trinajstić information content (AvgIpc) is 2.91. The van der Waals surface area contributed by atoms with E-state index in [-0.39, 0.29) is 29.6 Å². The summed E-state index contributed by atoms with van der Waals surface area (Å²) in [6.45, 7) is 6.09. The largest absolute Gasteiger partial charge is 0.322 e. The Labute approximate surface area is 171 Å². The van der Waals surface area contributed by atoms with Gasteiger partial charge in [0.25, 0.3) is 5.91 Å². The Bertz CT molecular complexity index is 977. The van der Waals surface area contributed by atoms with Gasteiger partial charge < -0.3 is 5.32 Å². The summed E-state index contributed by atoms with van der Waals surface area (Å²) in [7, 11) is 0. The van der Waals surface area contributed by atoms with Gasteiger partial charge in [0.15, 0.2) is 0 Å². The molecule has 1 aliphatic carbocycles. The summed E-state index contributed by atoms with van der Waals surface area (Å²) in [6, 6.07) is 12.6. The van der Waals surface area contributed by atoms with Crippen LogP contribution in [0.25, 0.3) is 0 Å². The molecule has 1 heterocycles. The molecule has 1 saturated carbocycles. The van der Waals surface area contributed by atoms with Crippen molar-refractivity contribution in [3.05, 3.63) is 59.2 Å². The molecule has 29 heavy (non-hydrogen) atoms. The molecule has 0 unspecified atom stereocenters. The molecule has 1 N–H and O–H groups in total. The maximum Gasteiger partial charge on any atom is 0.255 e. The van der Waals surface area contributed by atoms with Gasteiger partial charge in [-0.05, 0) is 80.5 Å². The summed E-state index contributed by atoms with van der Waals surface area (Å²) >= 11 is 0. The standard InChI is InChI=1S/C24H26N2O3/c1-14-7-8-20-21(12-14)24(29)26(23(20)28)19-6-4-5-17(13-19)22(27)25-18-10-15(2)9-16(3)11-18/h4-6,9-11,13-14,20-21H,7-8,12H2,1-3H3,(H,25,27)/t14-,20+,21+/m0/s1. The van der Waals surface area contributed by atoms with Crippen LogP contribution in [0, 0.1) is 31.6 Å². The molecule has 2 aromatic rings. The molecule has 4 rings (SSSR count). The molecule has 0 aromatic heterocycles. The number of imide groups is 1. The Morgan fingerprint density at radius 2 is 1.66 bits per heavy atom. The first kappa shape index (κ1) is 19.4. The zero-order valence-corrected chi connectivity index (χ0v) is 17.1. The zero-order valence-electron chi connectivity index (χ0n) is 17.1. The molecule has 5 nitrogen and oxygen atoms in total. The van der Waals surface area contributed by atoms with Gasteiger partial charge in [0.05, 0.1) is 17.5 Å². The molecule has 5 heteroatoms. The molecule has 2 aliphatic rings. The van der Waals surface area contributed by atoms with E-state index >= 15 is 0 Å². The number of hydrogen-bond donors (Lipinski definition) is 1. The van der Waals surface area contributed by atoms with Crippen molar-refractivity contribution in [3.8, 4) is 0 Å². The van der Waals surface area contributed by atoms with Crippen molar-refractivity contribution in [2.24, 2.45) is 17.8 Å². The van der Waals surface area contributed by atoms with Gasteiger partial charge in [-0.3, -0.25) is 19.3 Å². The van der Waals surface area contributed by atoms with E-state index in [1.54, 1.807) is 24.3 Å². The summed E-state index contributed by atoms with van der Waals surface area (Å²) in [5.41, 5.74) is 3.77. The van der Waals surface area contributed by atoms with Gasteiger partial charge in [-0.1, -0.05) is 19.1 Å². The molecule has 3 amide bonds. The third-order valence-corrected chi connectivity index (χ3v) is 6.03. The van der Waals surface area contributed by atoms with Crippen LogP contribution in [0.5, 0.6) is 0 Å². The SMILES string of the molecule is Cc1cc(C)cc(NC(=O)c2cccc(N3C(=O)[C@@H]4CC[C@H](C)C[C@H]4C3=O)c2)c1. The Morgan fingerprint density at radius 1 is 0.966 bits per heavy atom. The molecule has 0 radical (unpaired) electrons. The quantitative estimate of drug-likeness (QED) is 0.786. The highest BCUT2D eigenvalue weighted by molar-refractivity contribution is 6.22. The van der Waals surface area contributed by atoms with Crippen molar-refractivity contribution in [3.63, 3.8) is 0 Å². The lowest BCUT2D eigenvalue weighted by Crippen LogP contribution is -2.31. The van der Waals surface area contributed by atoms with Gasteiger partial charge in [-0.25, -0.2) is 0 Å². The van der Waals surface area contributed by atoms with Gasteiger partial charge in [0.2, 0.25) is 11.8 Å². The lowest BCUT2D eigenvalue weighted by Gasteiger charge is -2.25. The Kier molecular flexibility index (Phi) is 4.99. The molecule has 2 aromatic carbocycles. The summed E-state index contributed by atoms with van der Waals surface area (Å²) in [4.78, 5) is 39.9. The molecule has 0 bridgehead atoms. The summed E-state index contributed by atoms with van der Waals surface area (Å²) < 4.78 is 0. The lowest BCUT2D eigenvalue weighted by atomic mass is 9.76. The zero-order chi connectivity index (χ0) is 20.7. The molecule has 1 aliphatic heterocycles. The monoisotopic (exact) mass is 390 g/mol. The van der Waals surface area contributed by atoms with E-state index < -0.39 is 0 Å². The van der Waals surface area contributed by atoms with Gasteiger partial charge in [0, 0.05) is 11.3 Å². The number of nitrogens with zero attached hydrogens (tertiary/aromatic N) is 1. The summed E-state index contributed by atoms with van der Waals surface area (Å²) in [5.74, 6) is -0.493. The van der Waals surface area contributed by atoms with Crippen molar-refractivity contribution < 1.29 is 14.4 Å². The van der Waals surface area contributed by atoms with E-state index in [2.05, 4.69) is 12.2 Å². The second-order valence-electron chi connectivity index (χ2n) is 8.52. The van der Waals surface area contributed by atoms with Crippen LogP contribution in [0.15, 0.2) is 42.5 Å². The smallest absolute Gasteiger partial charge is 0.255 e. The number of benzene rings is 2. The number of rotatable bonds is 3. The Hall–Kier alpha value is -2.95. The fourth-order valence-electron chi connectivity index (χ4n) is 4.68. The van der Waals surface area contributed by atoms with Gasteiger partial charge in [-0.2, -0.15) is 0 Å². The van der Waals surface area contributed by atoms with E-state index in [0.717, 1.165) is 36.1 Å². The fraction of sp³-hybridized carbons (Fsp3) is 0.375. The van der Waals surface area contributed by atoms with Crippen LogP contribution in [0.1, 0.15) is 47.7 Å². The normalized spacial score (nSPS) is 23.8. The van der Waals surface area contributed by atoms with Crippen molar-refractivity contribution >= 4 is 29.1 Å². The van der Waals surface area contributed by atoms with Crippen molar-refractivity contribution in [2.45, 2.75) is 40.0 Å². The van der Waals surface area contributed by atoms with E-state index in [9.17, 15) is 14.4 Å². The maximum atomic E-state index is 12.9. The maximum absolute atomic E-state index is 12.9. The third-order valence-electron chi connectivity index (χ3n) is 6.03. The van der Waals surface area contributed by atoms with Crippen LogP contribution in [-0.4, -0.2) is 17.7 Å². The minimum absolute atomic E-state index is 0.126. The van der Waals surface area contributed by atoms with Crippen LogP contribution in [0.4, 0.5) is 11.4 Å². The predicted octanol–water partition coefficient (Wildman–Crippen LogP) is 4.48. The number of hydrogen-bond acceptors (Lipinski definition) is 3. The highest BCUT2D eigenvalue weighted by atomic mass is 16.2. The number of aryl methyl sites for hydroxylation is 2. The van der Waals surface area contributed by atoms with E-state index in [1.165, 1.54) is 4.90 Å². The number of nitrogens with one attached hydrogen (secondary N) is 1. The Morgan fingerprint density at radius 3 is 2.38 bits per heavy atom. The highest BCUT2D eigenvalue weighted by Gasteiger charge is 2.50. The number of carbonyl (C=O) groups excluding carboxylic acids is 3. The van der Waals surface area contributed by atoms with Crippen LogP contribution >= 0.6 is 0 Å². The summed E-state index contributed by atoms with van der Waals surface area (Å²) in [6.07, 6.45) is 2.50. The molecule has 1 saturated heterocycles. The molecular weight excluding hydrogens is 364 g/mol. The molecule has 0 spiro atoms. The van der Waals surface area contributed by atoms with Crippen molar-refractivity contribution in [2.75, 3.05) is 10.2 Å². The highest BCUT2D eigenvalue weighted by Crippen LogP contribution is 2.42. The van der Waals surface area contributed by atoms with Crippen LogP contribution in [-0.2, 0) is 9.59 Å². The lowest BCUT2D eigenvalue weighted by molar-refractivity contribution is -0.122. The predicted molar refractivity (Wildman–Crippen MR) is 113 cm³/mol. The van der Waals surface area contributed by atoms with Crippen LogP contribution in [0.3, 0.4) is 0 Å². The van der Waals surface area contributed by atoms with E-state index in [0.29, 0.717) is 17.2 Å². The fourth-order valence-corrected chi connectivity index (χ4v) is 4.68. The first-order valence-corrected chi connectivity index (χ1v) is 10.2. The van der Waals surface area contributed by atoms with Crippen molar-refractivity contribution in [1.29, 1.82) is 0 Å². The summed E-state index contributed by atoms with van der Waals surface area (Å²) in [5, 5.41) is 2.91. The van der Waals surface area contributed by atoms with Gasteiger partial charge >= 0.3 is 0 Å². The topological polar surface area (TPSA) is 66.5 Å². The first-order valence-electron chi connectivity index (χ1n) is 10.2. The minimum Gasteiger partial charge on any atom is -0.322 e.